The molecule has 1 fully saturated rings. The van der Waals surface area contributed by atoms with Gasteiger partial charge in [-0.25, -0.2) is 4.98 Å². The van der Waals surface area contributed by atoms with Crippen molar-refractivity contribution in [3.05, 3.63) is 33.2 Å². The van der Waals surface area contributed by atoms with E-state index in [9.17, 15) is 0 Å². The van der Waals surface area contributed by atoms with Gasteiger partial charge in [0, 0.05) is 20.2 Å². The van der Waals surface area contributed by atoms with E-state index in [-0.39, 0.29) is 0 Å². The second-order valence-corrected chi connectivity index (χ2v) is 7.62. The lowest BCUT2D eigenvalue weighted by Gasteiger charge is -2.18. The van der Waals surface area contributed by atoms with Crippen molar-refractivity contribution >= 4 is 44.8 Å². The van der Waals surface area contributed by atoms with Gasteiger partial charge in [-0.3, -0.25) is 5.43 Å². The van der Waals surface area contributed by atoms with Gasteiger partial charge in [-0.15, -0.1) is 11.3 Å². The van der Waals surface area contributed by atoms with Gasteiger partial charge in [0.25, 0.3) is 0 Å². The van der Waals surface area contributed by atoms with E-state index >= 15 is 0 Å². The minimum atomic E-state index is 0.844. The molecule has 0 atom stereocenters. The predicted octanol–water partition coefficient (Wildman–Crippen LogP) is 5.39. The zero-order valence-corrected chi connectivity index (χ0v) is 14.9. The van der Waals surface area contributed by atoms with Gasteiger partial charge in [0.15, 0.2) is 0 Å². The molecule has 1 heterocycles. The summed E-state index contributed by atoms with van der Waals surface area (Å²) in [6, 6.07) is 8.42. The van der Waals surface area contributed by atoms with Crippen LogP contribution in [0, 0.1) is 9.49 Å². The van der Waals surface area contributed by atoms with E-state index < -0.39 is 0 Å². The number of benzene rings is 1. The van der Waals surface area contributed by atoms with E-state index in [1.54, 1.807) is 11.3 Å². The normalized spacial score (nSPS) is 18.6. The van der Waals surface area contributed by atoms with Crippen molar-refractivity contribution in [3.63, 3.8) is 0 Å². The van der Waals surface area contributed by atoms with Crippen LogP contribution in [0.4, 0.5) is 5.13 Å². The van der Waals surface area contributed by atoms with Gasteiger partial charge in [0.2, 0.25) is 5.13 Å². The maximum Gasteiger partial charge on any atom is 0.203 e. The molecule has 5 heteroatoms. The Bertz CT molecular complexity index is 623. The first-order valence-electron chi connectivity index (χ1n) is 7.23. The van der Waals surface area contributed by atoms with Crippen LogP contribution in [0.5, 0.6) is 0 Å². The summed E-state index contributed by atoms with van der Waals surface area (Å²) in [5, 5.41) is 7.47. The fourth-order valence-corrected chi connectivity index (χ4v) is 3.43. The van der Waals surface area contributed by atoms with Crippen molar-refractivity contribution in [1.82, 2.24) is 4.98 Å². The number of halogens is 1. The van der Waals surface area contributed by atoms with Gasteiger partial charge in [-0.2, -0.15) is 5.10 Å². The van der Waals surface area contributed by atoms with Crippen LogP contribution in [-0.4, -0.2) is 10.7 Å². The molecule has 1 aliphatic carbocycles. The standard InChI is InChI=1S/C16H18IN3S/c1-11-2-8-14(9-3-11)19-20-16-18-15(10-21-16)12-4-6-13(17)7-5-12/h4-7,10-11H,2-3,8-9H2,1H3,(H,18,20). The molecule has 1 N–H and O–H groups in total. The van der Waals surface area contributed by atoms with E-state index in [0.717, 1.165) is 35.1 Å². The number of nitrogens with one attached hydrogen (secondary N) is 1. The fraction of sp³-hybridized carbons (Fsp3) is 0.375. The zero-order valence-electron chi connectivity index (χ0n) is 12.0. The maximum atomic E-state index is 4.61. The molecule has 2 aromatic rings. The molecule has 0 saturated heterocycles. The lowest BCUT2D eigenvalue weighted by Crippen LogP contribution is -2.12. The first kappa shape index (κ1) is 15.0. The molecule has 1 aromatic carbocycles. The fourth-order valence-electron chi connectivity index (χ4n) is 2.41. The highest BCUT2D eigenvalue weighted by atomic mass is 127. The second-order valence-electron chi connectivity index (χ2n) is 5.52. The number of hydrazone groups is 1. The van der Waals surface area contributed by atoms with E-state index in [4.69, 9.17) is 0 Å². The molecule has 110 valence electrons. The quantitative estimate of drug-likeness (QED) is 0.543. The van der Waals surface area contributed by atoms with Crippen LogP contribution in [0.2, 0.25) is 0 Å². The van der Waals surface area contributed by atoms with Crippen molar-refractivity contribution in [2.24, 2.45) is 11.0 Å². The molecule has 1 aromatic heterocycles. The molecule has 0 amide bonds. The van der Waals surface area contributed by atoms with Crippen LogP contribution >= 0.6 is 33.9 Å². The van der Waals surface area contributed by atoms with Gasteiger partial charge in [0.1, 0.15) is 0 Å². The van der Waals surface area contributed by atoms with Crippen molar-refractivity contribution in [2.45, 2.75) is 32.6 Å². The highest BCUT2D eigenvalue weighted by Gasteiger charge is 2.13. The van der Waals surface area contributed by atoms with Crippen molar-refractivity contribution in [2.75, 3.05) is 5.43 Å². The Hall–Kier alpha value is -0.950. The number of hydrogen-bond donors (Lipinski definition) is 1. The summed E-state index contributed by atoms with van der Waals surface area (Å²) >= 11 is 3.92. The topological polar surface area (TPSA) is 37.3 Å². The van der Waals surface area contributed by atoms with Crippen molar-refractivity contribution in [3.8, 4) is 11.3 Å². The van der Waals surface area contributed by atoms with E-state index in [1.165, 1.54) is 22.1 Å². The van der Waals surface area contributed by atoms with Crippen molar-refractivity contribution < 1.29 is 0 Å². The summed E-state index contributed by atoms with van der Waals surface area (Å²) in [5.74, 6) is 0.844. The maximum absolute atomic E-state index is 4.61. The third-order valence-electron chi connectivity index (χ3n) is 3.81. The van der Waals surface area contributed by atoms with Gasteiger partial charge in [-0.05, 0) is 66.3 Å². The van der Waals surface area contributed by atoms with E-state index in [1.807, 2.05) is 0 Å². The highest BCUT2D eigenvalue weighted by molar-refractivity contribution is 14.1. The van der Waals surface area contributed by atoms with Gasteiger partial charge >= 0.3 is 0 Å². The molecule has 21 heavy (non-hydrogen) atoms. The Morgan fingerprint density at radius 1 is 1.24 bits per heavy atom. The van der Waals surface area contributed by atoms with Crippen LogP contribution in [0.25, 0.3) is 11.3 Å². The molecular formula is C16H18IN3S. The summed E-state index contributed by atoms with van der Waals surface area (Å²) < 4.78 is 1.24. The first-order chi connectivity index (χ1) is 10.2. The Kier molecular flexibility index (Phi) is 4.90. The molecule has 3 rings (SSSR count). The smallest absolute Gasteiger partial charge is 0.203 e. The van der Waals surface area contributed by atoms with Crippen LogP contribution in [-0.2, 0) is 0 Å². The Labute approximate surface area is 143 Å². The molecule has 0 bridgehead atoms. The lowest BCUT2D eigenvalue weighted by atomic mass is 9.90. The summed E-state index contributed by atoms with van der Waals surface area (Å²) in [7, 11) is 0. The average Bonchev–Trinajstić information content (AvgIpc) is 2.96. The summed E-state index contributed by atoms with van der Waals surface area (Å²) in [6.45, 7) is 2.32. The Morgan fingerprint density at radius 2 is 1.95 bits per heavy atom. The van der Waals surface area contributed by atoms with Gasteiger partial charge in [0.05, 0.1) is 5.69 Å². The molecule has 0 radical (unpaired) electrons. The minimum Gasteiger partial charge on any atom is -0.253 e. The number of thiazole rings is 1. The van der Waals surface area contributed by atoms with Crippen LogP contribution in [0.1, 0.15) is 32.6 Å². The van der Waals surface area contributed by atoms with Crippen LogP contribution < -0.4 is 5.43 Å². The summed E-state index contributed by atoms with van der Waals surface area (Å²) in [6.07, 6.45) is 4.74. The third-order valence-corrected chi connectivity index (χ3v) is 5.27. The second kappa shape index (κ2) is 6.87. The largest absolute Gasteiger partial charge is 0.253 e. The van der Waals surface area contributed by atoms with Crippen LogP contribution in [0.15, 0.2) is 34.7 Å². The zero-order chi connectivity index (χ0) is 14.7. The Morgan fingerprint density at radius 3 is 2.67 bits per heavy atom. The third kappa shape index (κ3) is 4.03. The summed E-state index contributed by atoms with van der Waals surface area (Å²) in [5.41, 5.74) is 6.56. The molecule has 0 aliphatic heterocycles. The first-order valence-corrected chi connectivity index (χ1v) is 9.19. The molecule has 1 saturated carbocycles. The highest BCUT2D eigenvalue weighted by Crippen LogP contribution is 2.26. The number of rotatable bonds is 3. The van der Waals surface area contributed by atoms with Gasteiger partial charge in [-0.1, -0.05) is 19.1 Å². The predicted molar refractivity (Wildman–Crippen MR) is 99.0 cm³/mol. The van der Waals surface area contributed by atoms with Crippen molar-refractivity contribution in [1.29, 1.82) is 0 Å². The lowest BCUT2D eigenvalue weighted by molar-refractivity contribution is 0.483. The monoisotopic (exact) mass is 411 g/mol. The molecule has 1 aliphatic rings. The molecule has 0 spiro atoms. The molecule has 3 nitrogen and oxygen atoms in total. The minimum absolute atomic E-state index is 0.844. The number of aromatic nitrogens is 1. The summed E-state index contributed by atoms with van der Waals surface area (Å²) in [4.78, 5) is 4.61. The van der Waals surface area contributed by atoms with Gasteiger partial charge < -0.3 is 0 Å². The van der Waals surface area contributed by atoms with E-state index in [2.05, 4.69) is 74.7 Å². The average molecular weight is 411 g/mol. The SMILES string of the molecule is CC1CCC(=NNc2nc(-c3ccc(I)cc3)cs2)CC1. The van der Waals surface area contributed by atoms with Crippen LogP contribution in [0.3, 0.4) is 0 Å². The number of hydrogen-bond acceptors (Lipinski definition) is 4. The van der Waals surface area contributed by atoms with E-state index in [0.29, 0.717) is 0 Å². The number of anilines is 1. The number of nitrogens with zero attached hydrogens (tertiary/aromatic N) is 2. The molecule has 0 unspecified atom stereocenters. The molecular weight excluding hydrogens is 393 g/mol. The Balaban J connectivity index is 1.65.